The number of carbonyl (C=O) groups excluding carboxylic acids is 1. The van der Waals surface area contributed by atoms with E-state index in [2.05, 4.69) is 49.0 Å². The third-order valence-electron chi connectivity index (χ3n) is 2.37. The molecule has 0 atom stereocenters. The van der Waals surface area contributed by atoms with Gasteiger partial charge in [-0.05, 0) is 22.8 Å². The Morgan fingerprint density at radius 2 is 1.68 bits per heavy atom. The van der Waals surface area contributed by atoms with Crippen LogP contribution in [0.2, 0.25) is 0 Å². The molecule has 0 aliphatic rings. The van der Waals surface area contributed by atoms with Gasteiger partial charge in [-0.25, -0.2) is 0 Å². The Kier molecular flexibility index (Phi) is 5.41. The summed E-state index contributed by atoms with van der Waals surface area (Å²) in [6.07, 6.45) is 2.89. The third kappa shape index (κ3) is 5.03. The van der Waals surface area contributed by atoms with E-state index in [0.29, 0.717) is 0 Å². The Morgan fingerprint density at radius 3 is 2.26 bits per heavy atom. The zero-order valence-corrected chi connectivity index (χ0v) is 11.0. The highest BCUT2D eigenvalue weighted by Gasteiger charge is 1.96. The molecule has 0 spiro atoms. The molecule has 0 aromatic heterocycles. The van der Waals surface area contributed by atoms with Crippen molar-refractivity contribution >= 4 is 26.5 Å². The molecule has 19 heavy (non-hydrogen) atoms. The second-order valence-electron chi connectivity index (χ2n) is 3.74. The fraction of sp³-hybridized carbons (Fsp3) is 0.0714. The molecule has 0 amide bonds. The lowest BCUT2D eigenvalue weighted by Crippen LogP contribution is -1.94. The summed E-state index contributed by atoms with van der Waals surface area (Å²) in [6.45, 7) is 3.76. The summed E-state index contributed by atoms with van der Waals surface area (Å²) in [7, 11) is -4.34. The molecule has 100 valence electrons. The molecule has 0 aliphatic heterocycles. The standard InChI is InChI=1S/C13H12.CH2O4S/c1-2-6-11-8-5-9-12-7-3-4-10-13(11)12;2-1-6(3,4)5/h2-5,7-10H,1,6H2;1H,(H,3,4,5). The van der Waals surface area contributed by atoms with Gasteiger partial charge in [0.1, 0.15) is 0 Å². The molecule has 0 radical (unpaired) electrons. The number of allylic oxidation sites excluding steroid dienone is 1. The molecule has 4 nitrogen and oxygen atoms in total. The second kappa shape index (κ2) is 6.82. The molecule has 0 fully saturated rings. The smallest absolute Gasteiger partial charge is 0.283 e. The second-order valence-corrected chi connectivity index (χ2v) is 4.96. The van der Waals surface area contributed by atoms with E-state index < -0.39 is 15.7 Å². The van der Waals surface area contributed by atoms with Crippen LogP contribution in [0, 0.1) is 0 Å². The van der Waals surface area contributed by atoms with Gasteiger partial charge in [0.05, 0.1) is 0 Å². The van der Waals surface area contributed by atoms with Crippen LogP contribution in [0.3, 0.4) is 0 Å². The van der Waals surface area contributed by atoms with Gasteiger partial charge in [0.15, 0.2) is 0 Å². The molecule has 0 saturated carbocycles. The van der Waals surface area contributed by atoms with Crippen molar-refractivity contribution in [2.75, 3.05) is 0 Å². The van der Waals surface area contributed by atoms with E-state index in [9.17, 15) is 8.42 Å². The lowest BCUT2D eigenvalue weighted by molar-refractivity contribution is 0.487. The molecule has 2 aromatic carbocycles. The first-order chi connectivity index (χ1) is 8.98. The average Bonchev–Trinajstić information content (AvgIpc) is 2.39. The number of hydrogen-bond donors (Lipinski definition) is 1. The Hall–Kier alpha value is -1.98. The van der Waals surface area contributed by atoms with Crippen LogP contribution >= 0.6 is 0 Å². The molecule has 2 aromatic rings. The average molecular weight is 278 g/mol. The summed E-state index contributed by atoms with van der Waals surface area (Å²) in [4.78, 5) is 8.99. The van der Waals surface area contributed by atoms with Gasteiger partial charge in [-0.15, -0.1) is 6.58 Å². The van der Waals surface area contributed by atoms with Crippen molar-refractivity contribution in [3.05, 3.63) is 60.7 Å². The lowest BCUT2D eigenvalue weighted by atomic mass is 10.0. The lowest BCUT2D eigenvalue weighted by Gasteiger charge is -2.02. The van der Waals surface area contributed by atoms with Crippen molar-refractivity contribution in [2.45, 2.75) is 6.42 Å². The fourth-order valence-corrected chi connectivity index (χ4v) is 1.63. The Labute approximate surface area is 112 Å². The highest BCUT2D eigenvalue weighted by molar-refractivity contribution is 7.99. The van der Waals surface area contributed by atoms with Gasteiger partial charge in [0.2, 0.25) is 0 Å². The van der Waals surface area contributed by atoms with Crippen LogP contribution in [0.15, 0.2) is 55.1 Å². The van der Waals surface area contributed by atoms with Crippen molar-refractivity contribution in [1.82, 2.24) is 0 Å². The van der Waals surface area contributed by atoms with E-state index in [0.717, 1.165) is 6.42 Å². The minimum absolute atomic E-state index is 0.535. The molecular weight excluding hydrogens is 264 g/mol. The van der Waals surface area contributed by atoms with E-state index in [-0.39, 0.29) is 0 Å². The highest BCUT2D eigenvalue weighted by Crippen LogP contribution is 2.18. The van der Waals surface area contributed by atoms with Gasteiger partial charge in [-0.1, -0.05) is 48.5 Å². The van der Waals surface area contributed by atoms with Crippen LogP contribution < -0.4 is 0 Å². The monoisotopic (exact) mass is 278 g/mol. The quantitative estimate of drug-likeness (QED) is 0.532. The number of hydrogen-bond acceptors (Lipinski definition) is 3. The summed E-state index contributed by atoms with van der Waals surface area (Å²) in [5.74, 6) is 0. The molecule has 1 N–H and O–H groups in total. The molecule has 2 rings (SSSR count). The first-order valence-corrected chi connectivity index (χ1v) is 6.98. The van der Waals surface area contributed by atoms with E-state index in [1.807, 2.05) is 6.08 Å². The van der Waals surface area contributed by atoms with Crippen molar-refractivity contribution in [2.24, 2.45) is 0 Å². The Balaban J connectivity index is 0.000000258. The van der Waals surface area contributed by atoms with Crippen molar-refractivity contribution < 1.29 is 17.8 Å². The SMILES string of the molecule is C=CCc1cccc2ccccc12.O=CS(=O)(=O)O. The topological polar surface area (TPSA) is 71.4 Å². The van der Waals surface area contributed by atoms with Crippen molar-refractivity contribution in [3.63, 3.8) is 0 Å². The van der Waals surface area contributed by atoms with E-state index >= 15 is 0 Å². The predicted octanol–water partition coefficient (Wildman–Crippen LogP) is 2.63. The summed E-state index contributed by atoms with van der Waals surface area (Å²) < 4.78 is 25.8. The Bertz CT molecular complexity index is 658. The summed E-state index contributed by atoms with van der Waals surface area (Å²) in [5, 5.41) is 2.65. The maximum absolute atomic E-state index is 9.19. The molecular formula is C14H14O4S. The molecule has 5 heteroatoms. The van der Waals surface area contributed by atoms with Crippen LogP contribution in [0.1, 0.15) is 5.56 Å². The molecule has 0 heterocycles. The van der Waals surface area contributed by atoms with Gasteiger partial charge in [0.25, 0.3) is 5.62 Å². The maximum Gasteiger partial charge on any atom is 0.325 e. The van der Waals surface area contributed by atoms with Gasteiger partial charge in [0, 0.05) is 0 Å². The number of carbonyl (C=O) groups is 1. The van der Waals surface area contributed by atoms with Gasteiger partial charge < -0.3 is 0 Å². The predicted molar refractivity (Wildman–Crippen MR) is 76.1 cm³/mol. The highest BCUT2D eigenvalue weighted by atomic mass is 32.2. The van der Waals surface area contributed by atoms with Crippen molar-refractivity contribution in [3.8, 4) is 0 Å². The molecule has 0 saturated heterocycles. The van der Waals surface area contributed by atoms with Gasteiger partial charge in [-0.3, -0.25) is 9.35 Å². The summed E-state index contributed by atoms with van der Waals surface area (Å²) in [5.41, 5.74) is 0.820. The van der Waals surface area contributed by atoms with Crippen LogP contribution in [0.4, 0.5) is 0 Å². The first-order valence-electron chi connectivity index (χ1n) is 5.48. The normalized spacial score (nSPS) is 10.4. The van der Waals surface area contributed by atoms with Gasteiger partial charge in [-0.2, -0.15) is 8.42 Å². The van der Waals surface area contributed by atoms with Crippen LogP contribution in [-0.2, 0) is 21.3 Å². The number of rotatable bonds is 3. The van der Waals surface area contributed by atoms with Crippen LogP contribution in [-0.4, -0.2) is 18.6 Å². The number of fused-ring (bicyclic) bond motifs is 1. The summed E-state index contributed by atoms with van der Waals surface area (Å²) >= 11 is 0. The van der Waals surface area contributed by atoms with Crippen LogP contribution in [0.25, 0.3) is 10.8 Å². The minimum atomic E-state index is -4.34. The van der Waals surface area contributed by atoms with E-state index in [4.69, 9.17) is 9.35 Å². The largest absolute Gasteiger partial charge is 0.325 e. The maximum atomic E-state index is 9.19. The zero-order chi connectivity index (χ0) is 14.3. The minimum Gasteiger partial charge on any atom is -0.283 e. The Morgan fingerprint density at radius 1 is 1.11 bits per heavy atom. The number of benzene rings is 2. The molecule has 0 unspecified atom stereocenters. The molecule has 0 aliphatic carbocycles. The zero-order valence-electron chi connectivity index (χ0n) is 10.2. The van der Waals surface area contributed by atoms with Gasteiger partial charge >= 0.3 is 10.1 Å². The van der Waals surface area contributed by atoms with Crippen molar-refractivity contribution in [1.29, 1.82) is 0 Å². The van der Waals surface area contributed by atoms with Crippen LogP contribution in [0.5, 0.6) is 0 Å². The third-order valence-corrected chi connectivity index (χ3v) is 2.61. The first kappa shape index (κ1) is 15.1. The van der Waals surface area contributed by atoms with E-state index in [1.165, 1.54) is 16.3 Å². The van der Waals surface area contributed by atoms with E-state index in [1.54, 1.807) is 0 Å². The summed E-state index contributed by atoms with van der Waals surface area (Å²) in [6, 6.07) is 14.8. The fourth-order valence-electron chi connectivity index (χ4n) is 1.63. The molecule has 0 bridgehead atoms.